The first kappa shape index (κ1) is 8.37. The molecule has 0 aliphatic carbocycles. The second-order valence-electron chi connectivity index (χ2n) is 3.05. The summed E-state index contributed by atoms with van der Waals surface area (Å²) in [5.41, 5.74) is 5.61. The van der Waals surface area contributed by atoms with Gasteiger partial charge in [-0.05, 0) is 13.8 Å². The van der Waals surface area contributed by atoms with Crippen molar-refractivity contribution < 1.29 is 4.74 Å². The van der Waals surface area contributed by atoms with Gasteiger partial charge in [0.15, 0.2) is 0 Å². The zero-order valence-corrected chi connectivity index (χ0v) is 7.41. The summed E-state index contributed by atoms with van der Waals surface area (Å²) in [4.78, 5) is 0. The van der Waals surface area contributed by atoms with Crippen molar-refractivity contribution in [3.8, 4) is 0 Å². The van der Waals surface area contributed by atoms with Gasteiger partial charge in [0.25, 0.3) is 0 Å². The maximum atomic E-state index is 5.68. The summed E-state index contributed by atoms with van der Waals surface area (Å²) >= 11 is 1.91. The highest BCUT2D eigenvalue weighted by Crippen LogP contribution is 2.32. The summed E-state index contributed by atoms with van der Waals surface area (Å²) in [5.74, 6) is 2.14. The molecular formula is C7H15NOS. The fourth-order valence-corrected chi connectivity index (χ4v) is 2.09. The fraction of sp³-hybridized carbons (Fsp3) is 1.00. The Balaban J connectivity index is 2.33. The Kier molecular flexibility index (Phi) is 2.61. The van der Waals surface area contributed by atoms with Gasteiger partial charge in [-0.15, -0.1) is 0 Å². The minimum Gasteiger partial charge on any atom is -0.369 e. The van der Waals surface area contributed by atoms with Crippen LogP contribution in [-0.2, 0) is 4.74 Å². The summed E-state index contributed by atoms with van der Waals surface area (Å²) in [5, 5.41) is 0. The van der Waals surface area contributed by atoms with E-state index >= 15 is 0 Å². The summed E-state index contributed by atoms with van der Waals surface area (Å²) < 4.78 is 5.68. The molecule has 0 amide bonds. The van der Waals surface area contributed by atoms with Crippen LogP contribution in [0.5, 0.6) is 0 Å². The molecule has 0 bridgehead atoms. The van der Waals surface area contributed by atoms with Crippen molar-refractivity contribution in [1.29, 1.82) is 0 Å². The van der Waals surface area contributed by atoms with Crippen LogP contribution in [0.2, 0.25) is 0 Å². The van der Waals surface area contributed by atoms with E-state index in [-0.39, 0.29) is 5.60 Å². The van der Waals surface area contributed by atoms with Gasteiger partial charge in [-0.25, -0.2) is 0 Å². The largest absolute Gasteiger partial charge is 0.369 e. The molecule has 2 N–H and O–H groups in total. The quantitative estimate of drug-likeness (QED) is 0.666. The fourth-order valence-electron chi connectivity index (χ4n) is 1.06. The molecule has 0 saturated carbocycles. The molecule has 1 aliphatic rings. The van der Waals surface area contributed by atoms with E-state index in [0.717, 1.165) is 11.5 Å². The normalized spacial score (nSPS) is 22.8. The van der Waals surface area contributed by atoms with Gasteiger partial charge in [0, 0.05) is 18.1 Å². The number of hydrogen-bond acceptors (Lipinski definition) is 3. The first-order valence-corrected chi connectivity index (χ1v) is 4.80. The number of rotatable bonds is 3. The lowest BCUT2D eigenvalue weighted by atomic mass is 10.1. The van der Waals surface area contributed by atoms with Gasteiger partial charge in [0.2, 0.25) is 0 Å². The smallest absolute Gasteiger partial charge is 0.0987 e. The van der Waals surface area contributed by atoms with Crippen LogP contribution in [0.15, 0.2) is 0 Å². The molecule has 1 saturated heterocycles. The van der Waals surface area contributed by atoms with E-state index in [9.17, 15) is 0 Å². The topological polar surface area (TPSA) is 35.2 Å². The monoisotopic (exact) mass is 161 g/mol. The van der Waals surface area contributed by atoms with Crippen LogP contribution in [-0.4, -0.2) is 29.8 Å². The Hall–Kier alpha value is 0.270. The summed E-state index contributed by atoms with van der Waals surface area (Å²) in [6.07, 6.45) is 0.310. The summed E-state index contributed by atoms with van der Waals surface area (Å²) in [6.45, 7) is 4.78. The predicted molar refractivity (Wildman–Crippen MR) is 45.3 cm³/mol. The number of thioether (sulfide) groups is 1. The van der Waals surface area contributed by atoms with Gasteiger partial charge in [-0.1, -0.05) is 0 Å². The van der Waals surface area contributed by atoms with Crippen LogP contribution in [0.1, 0.15) is 13.8 Å². The molecule has 2 nitrogen and oxygen atoms in total. The van der Waals surface area contributed by atoms with Crippen molar-refractivity contribution in [1.82, 2.24) is 0 Å². The first-order valence-electron chi connectivity index (χ1n) is 3.64. The Morgan fingerprint density at radius 2 is 2.20 bits per heavy atom. The predicted octanol–water partition coefficient (Wildman–Crippen LogP) is 0.856. The molecule has 1 aliphatic heterocycles. The molecule has 0 aromatic carbocycles. The lowest BCUT2D eigenvalue weighted by Crippen LogP contribution is -2.53. The van der Waals surface area contributed by atoms with Gasteiger partial charge < -0.3 is 10.5 Å². The maximum Gasteiger partial charge on any atom is 0.0987 e. The molecular weight excluding hydrogens is 146 g/mol. The van der Waals surface area contributed by atoms with E-state index in [0.29, 0.717) is 12.6 Å². The first-order chi connectivity index (χ1) is 4.68. The van der Waals surface area contributed by atoms with Gasteiger partial charge >= 0.3 is 0 Å². The highest BCUT2D eigenvalue weighted by atomic mass is 32.2. The molecule has 0 radical (unpaired) electrons. The summed E-state index contributed by atoms with van der Waals surface area (Å²) in [6, 6.07) is 0. The third-order valence-corrected chi connectivity index (χ3v) is 3.05. The number of hydrogen-bond donors (Lipinski definition) is 1. The van der Waals surface area contributed by atoms with Gasteiger partial charge in [0.1, 0.15) is 0 Å². The zero-order valence-electron chi connectivity index (χ0n) is 6.59. The van der Waals surface area contributed by atoms with E-state index in [1.54, 1.807) is 0 Å². The molecule has 0 aromatic heterocycles. The van der Waals surface area contributed by atoms with Crippen LogP contribution in [0, 0.1) is 0 Å². The van der Waals surface area contributed by atoms with Crippen molar-refractivity contribution in [2.24, 2.45) is 5.73 Å². The van der Waals surface area contributed by atoms with Crippen molar-refractivity contribution in [3.63, 3.8) is 0 Å². The van der Waals surface area contributed by atoms with Gasteiger partial charge in [0.05, 0.1) is 11.7 Å². The Morgan fingerprint density at radius 1 is 1.60 bits per heavy atom. The van der Waals surface area contributed by atoms with E-state index in [2.05, 4.69) is 13.8 Å². The van der Waals surface area contributed by atoms with Crippen molar-refractivity contribution in [3.05, 3.63) is 0 Å². The third kappa shape index (κ3) is 1.65. The number of ether oxygens (including phenoxy) is 1. The molecule has 0 spiro atoms. The minimum atomic E-state index is 0.0266. The highest BCUT2D eigenvalue weighted by Gasteiger charge is 2.38. The van der Waals surface area contributed by atoms with Crippen molar-refractivity contribution in [2.75, 3.05) is 18.1 Å². The van der Waals surface area contributed by atoms with Crippen LogP contribution in [0.3, 0.4) is 0 Å². The molecule has 1 fully saturated rings. The van der Waals surface area contributed by atoms with Gasteiger partial charge in [-0.2, -0.15) is 11.8 Å². The summed E-state index contributed by atoms with van der Waals surface area (Å²) in [7, 11) is 0. The highest BCUT2D eigenvalue weighted by molar-refractivity contribution is 8.00. The Bertz CT molecular complexity index is 107. The standard InChI is InChI=1S/C7H15NOS/c1-6(2)9-7(3-8)4-10-5-7/h6H,3-5,8H2,1-2H3. The molecule has 1 heterocycles. The lowest BCUT2D eigenvalue weighted by Gasteiger charge is -2.41. The second kappa shape index (κ2) is 3.11. The Morgan fingerprint density at radius 3 is 2.30 bits per heavy atom. The molecule has 0 atom stereocenters. The molecule has 60 valence electrons. The zero-order chi connectivity index (χ0) is 7.61. The van der Waals surface area contributed by atoms with Crippen molar-refractivity contribution >= 4 is 11.8 Å². The average Bonchev–Trinajstić information content (AvgIpc) is 1.78. The minimum absolute atomic E-state index is 0.0266. The van der Waals surface area contributed by atoms with Crippen LogP contribution in [0.4, 0.5) is 0 Å². The van der Waals surface area contributed by atoms with Crippen molar-refractivity contribution in [2.45, 2.75) is 25.6 Å². The maximum absolute atomic E-state index is 5.68. The lowest BCUT2D eigenvalue weighted by molar-refractivity contribution is -0.0496. The van der Waals surface area contributed by atoms with E-state index < -0.39 is 0 Å². The van der Waals surface area contributed by atoms with E-state index in [1.165, 1.54) is 0 Å². The van der Waals surface area contributed by atoms with Crippen LogP contribution in [0.25, 0.3) is 0 Å². The third-order valence-electron chi connectivity index (χ3n) is 1.59. The number of nitrogens with two attached hydrogens (primary N) is 1. The Labute approximate surface area is 66.5 Å². The van der Waals surface area contributed by atoms with E-state index in [1.807, 2.05) is 11.8 Å². The molecule has 0 unspecified atom stereocenters. The van der Waals surface area contributed by atoms with E-state index in [4.69, 9.17) is 10.5 Å². The van der Waals surface area contributed by atoms with Crippen LogP contribution < -0.4 is 5.73 Å². The molecule has 10 heavy (non-hydrogen) atoms. The molecule has 0 aromatic rings. The second-order valence-corrected chi connectivity index (χ2v) is 4.03. The SMILES string of the molecule is CC(C)OC1(CN)CSC1. The van der Waals surface area contributed by atoms with Gasteiger partial charge in [-0.3, -0.25) is 0 Å². The van der Waals surface area contributed by atoms with Crippen LogP contribution >= 0.6 is 11.8 Å². The molecule has 3 heteroatoms. The average molecular weight is 161 g/mol. The molecule has 1 rings (SSSR count).